The maximum absolute atomic E-state index is 5.23. The fraction of sp³-hybridized carbons (Fsp3) is 1.00. The summed E-state index contributed by atoms with van der Waals surface area (Å²) in [4.78, 5) is 0. The van der Waals surface area contributed by atoms with Crippen LogP contribution in [0.15, 0.2) is 0 Å². The fourth-order valence-corrected chi connectivity index (χ4v) is 0.593. The molecular weight excluding hydrogens is 102 g/mol. The predicted molar refractivity (Wildman–Crippen MR) is 35.3 cm³/mol. The van der Waals surface area contributed by atoms with E-state index in [9.17, 15) is 0 Å². The first-order chi connectivity index (χ1) is 3.85. The first-order valence-corrected chi connectivity index (χ1v) is 2.95. The van der Waals surface area contributed by atoms with Crippen molar-refractivity contribution in [3.8, 4) is 0 Å². The topological polar surface area (TPSA) is 50.1 Å². The molecule has 0 saturated carbocycles. The number of hydrogen-bond acceptors (Lipinski definition) is 3. The summed E-state index contributed by atoms with van der Waals surface area (Å²) >= 11 is 0. The second-order valence-corrected chi connectivity index (χ2v) is 1.66. The van der Waals surface area contributed by atoms with Gasteiger partial charge < -0.3 is 11.1 Å². The summed E-state index contributed by atoms with van der Waals surface area (Å²) < 4.78 is 0. The van der Waals surface area contributed by atoms with Crippen LogP contribution in [0.5, 0.6) is 0 Å². The Morgan fingerprint density at radius 3 is 2.38 bits per heavy atom. The molecule has 3 heteroatoms. The van der Waals surface area contributed by atoms with Crippen molar-refractivity contribution >= 4 is 0 Å². The number of rotatable bonds is 4. The van der Waals surface area contributed by atoms with Crippen molar-refractivity contribution in [2.45, 2.75) is 19.5 Å². The minimum absolute atomic E-state index is 0.375. The van der Waals surface area contributed by atoms with Gasteiger partial charge in [-0.15, -0.1) is 0 Å². The molecule has 0 aromatic rings. The Hall–Kier alpha value is -0.120. The van der Waals surface area contributed by atoms with E-state index in [1.807, 2.05) is 7.05 Å². The zero-order valence-corrected chi connectivity index (χ0v) is 5.57. The van der Waals surface area contributed by atoms with Crippen LogP contribution in [0, 0.1) is 0 Å². The van der Waals surface area contributed by atoms with Gasteiger partial charge in [0.1, 0.15) is 0 Å². The molecule has 8 heavy (non-hydrogen) atoms. The van der Waals surface area contributed by atoms with E-state index in [-0.39, 0.29) is 0 Å². The van der Waals surface area contributed by atoms with Crippen molar-refractivity contribution in [3.63, 3.8) is 0 Å². The van der Waals surface area contributed by atoms with Gasteiger partial charge in [0.2, 0.25) is 0 Å². The van der Waals surface area contributed by atoms with Crippen molar-refractivity contribution in [3.05, 3.63) is 0 Å². The van der Waals surface area contributed by atoms with E-state index >= 15 is 0 Å². The smallest absolute Gasteiger partial charge is 0.0576 e. The van der Waals surface area contributed by atoms with E-state index in [1.54, 1.807) is 0 Å². The molecule has 0 rings (SSSR count). The quantitative estimate of drug-likeness (QED) is 0.433. The Balaban J connectivity index is 3.07. The van der Waals surface area contributed by atoms with Gasteiger partial charge in [0.05, 0.1) is 6.17 Å². The molecule has 0 aliphatic carbocycles. The summed E-state index contributed by atoms with van der Waals surface area (Å²) in [6.45, 7) is 2.64. The summed E-state index contributed by atoms with van der Waals surface area (Å²) in [5.74, 6) is 0. The van der Waals surface area contributed by atoms with Crippen LogP contribution < -0.4 is 16.4 Å². The molecule has 0 aliphatic rings. The third-order valence-corrected chi connectivity index (χ3v) is 1.12. The Kier molecular flexibility index (Phi) is 4.95. The maximum atomic E-state index is 5.23. The molecule has 0 fully saturated rings. The van der Waals surface area contributed by atoms with Crippen LogP contribution in [-0.4, -0.2) is 19.9 Å². The van der Waals surface area contributed by atoms with Crippen LogP contribution in [0.4, 0.5) is 0 Å². The third kappa shape index (κ3) is 2.96. The summed E-state index contributed by atoms with van der Waals surface area (Å²) in [7, 11) is 1.91. The molecular formula is C5H15N3. The van der Waals surface area contributed by atoms with Gasteiger partial charge in [0.25, 0.3) is 0 Å². The highest BCUT2D eigenvalue weighted by molar-refractivity contribution is 4.55. The van der Waals surface area contributed by atoms with Crippen LogP contribution >= 0.6 is 0 Å². The second-order valence-electron chi connectivity index (χ2n) is 1.66. The van der Waals surface area contributed by atoms with Crippen molar-refractivity contribution < 1.29 is 0 Å². The molecule has 0 aliphatic heterocycles. The molecule has 4 N–H and O–H groups in total. The molecule has 0 spiro atoms. The molecule has 50 valence electrons. The molecule has 3 nitrogen and oxygen atoms in total. The first kappa shape index (κ1) is 7.88. The normalized spacial score (nSPS) is 13.9. The lowest BCUT2D eigenvalue weighted by molar-refractivity contribution is 0.451. The summed E-state index contributed by atoms with van der Waals surface area (Å²) in [5.41, 5.74) is 5.23. The largest absolute Gasteiger partial charge is 0.318 e. The Bertz CT molecular complexity index is 42.9. The Labute approximate surface area is 50.6 Å². The molecule has 1 unspecified atom stereocenters. The molecule has 0 bridgehead atoms. The number of nitrogens with two attached hydrogens (primary N) is 1. The molecule has 0 aromatic carbocycles. The summed E-state index contributed by atoms with van der Waals surface area (Å²) in [5, 5.41) is 6.11. The van der Waals surface area contributed by atoms with Gasteiger partial charge in [-0.3, -0.25) is 5.32 Å². The van der Waals surface area contributed by atoms with Gasteiger partial charge in [-0.05, 0) is 13.5 Å². The zero-order valence-electron chi connectivity index (χ0n) is 5.57. The van der Waals surface area contributed by atoms with Gasteiger partial charge in [-0.2, -0.15) is 0 Å². The molecule has 0 amide bonds. The van der Waals surface area contributed by atoms with E-state index in [0.717, 1.165) is 6.42 Å². The van der Waals surface area contributed by atoms with Gasteiger partial charge in [0.15, 0.2) is 0 Å². The number of nitrogens with one attached hydrogen (secondary N) is 2. The standard InChI is InChI=1S/C5H15N3/c1-3-5(7-2)8-4-6/h5,7-8H,3-4,6H2,1-2H3. The highest BCUT2D eigenvalue weighted by Gasteiger charge is 1.95. The minimum Gasteiger partial charge on any atom is -0.318 e. The molecule has 0 aromatic heterocycles. The van der Waals surface area contributed by atoms with E-state index in [2.05, 4.69) is 17.6 Å². The summed E-state index contributed by atoms with van der Waals surface area (Å²) in [6.07, 6.45) is 1.44. The molecule has 0 radical (unpaired) electrons. The van der Waals surface area contributed by atoms with Crippen LogP contribution in [0.25, 0.3) is 0 Å². The van der Waals surface area contributed by atoms with Gasteiger partial charge in [-0.25, -0.2) is 0 Å². The van der Waals surface area contributed by atoms with Crippen LogP contribution in [-0.2, 0) is 0 Å². The second kappa shape index (κ2) is 5.03. The number of hydrogen-bond donors (Lipinski definition) is 3. The lowest BCUT2D eigenvalue weighted by Gasteiger charge is -2.12. The highest BCUT2D eigenvalue weighted by atomic mass is 15.1. The molecule has 0 saturated heterocycles. The highest BCUT2D eigenvalue weighted by Crippen LogP contribution is 1.79. The predicted octanol–water partition coefficient (Wildman–Crippen LogP) is -0.552. The van der Waals surface area contributed by atoms with Crippen molar-refractivity contribution in [1.82, 2.24) is 10.6 Å². The van der Waals surface area contributed by atoms with Gasteiger partial charge >= 0.3 is 0 Å². The Morgan fingerprint density at radius 2 is 2.25 bits per heavy atom. The lowest BCUT2D eigenvalue weighted by Crippen LogP contribution is -2.42. The van der Waals surface area contributed by atoms with Crippen molar-refractivity contribution in [1.29, 1.82) is 0 Å². The lowest BCUT2D eigenvalue weighted by atomic mass is 10.4. The SMILES string of the molecule is CCC(NC)NCN. The van der Waals surface area contributed by atoms with Crippen LogP contribution in [0.1, 0.15) is 13.3 Å². The van der Waals surface area contributed by atoms with Crippen molar-refractivity contribution in [2.24, 2.45) is 5.73 Å². The van der Waals surface area contributed by atoms with Crippen LogP contribution in [0.3, 0.4) is 0 Å². The van der Waals surface area contributed by atoms with Crippen LogP contribution in [0.2, 0.25) is 0 Å². The van der Waals surface area contributed by atoms with E-state index in [0.29, 0.717) is 12.8 Å². The average molecular weight is 117 g/mol. The van der Waals surface area contributed by atoms with E-state index in [4.69, 9.17) is 5.73 Å². The fourth-order valence-electron chi connectivity index (χ4n) is 0.593. The first-order valence-electron chi connectivity index (χ1n) is 2.95. The van der Waals surface area contributed by atoms with E-state index in [1.165, 1.54) is 0 Å². The van der Waals surface area contributed by atoms with E-state index < -0.39 is 0 Å². The monoisotopic (exact) mass is 117 g/mol. The molecule has 0 heterocycles. The Morgan fingerprint density at radius 1 is 1.62 bits per heavy atom. The van der Waals surface area contributed by atoms with Gasteiger partial charge in [-0.1, -0.05) is 6.92 Å². The maximum Gasteiger partial charge on any atom is 0.0576 e. The molecule has 1 atom stereocenters. The average Bonchev–Trinajstić information content (AvgIpc) is 1.83. The third-order valence-electron chi connectivity index (χ3n) is 1.12. The van der Waals surface area contributed by atoms with Gasteiger partial charge in [0, 0.05) is 6.67 Å². The van der Waals surface area contributed by atoms with Crippen molar-refractivity contribution in [2.75, 3.05) is 13.7 Å². The zero-order chi connectivity index (χ0) is 6.41. The minimum atomic E-state index is 0.375. The summed E-state index contributed by atoms with van der Waals surface area (Å²) in [6, 6.07) is 0.